The maximum Gasteiger partial charge on any atom is 0.331 e. The molecule has 0 amide bonds. The first-order chi connectivity index (χ1) is 5.07. The minimum Gasteiger partial charge on any atom is -0.478 e. The monoisotopic (exact) mass is 160 g/mol. The van der Waals surface area contributed by atoms with E-state index in [4.69, 9.17) is 15.3 Å². The Morgan fingerprint density at radius 2 is 2.09 bits per heavy atom. The summed E-state index contributed by atoms with van der Waals surface area (Å²) >= 11 is 0. The van der Waals surface area contributed by atoms with Crippen molar-refractivity contribution in [1.82, 2.24) is 0 Å². The van der Waals surface area contributed by atoms with Crippen LogP contribution in [0.3, 0.4) is 0 Å². The predicted molar refractivity (Wildman–Crippen MR) is 38.9 cm³/mol. The van der Waals surface area contributed by atoms with Gasteiger partial charge in [-0.3, -0.25) is 0 Å². The normalized spacial score (nSPS) is 12.2. The molecule has 0 spiro atoms. The lowest BCUT2D eigenvalue weighted by atomic mass is 10.1. The molecule has 0 rings (SSSR count). The Hall–Kier alpha value is -0.870. The van der Waals surface area contributed by atoms with Gasteiger partial charge in [-0.05, 0) is 12.5 Å². The van der Waals surface area contributed by atoms with E-state index in [1.807, 2.05) is 6.92 Å². The van der Waals surface area contributed by atoms with Crippen molar-refractivity contribution in [2.24, 2.45) is 0 Å². The minimum atomic E-state index is -1.67. The van der Waals surface area contributed by atoms with E-state index in [0.29, 0.717) is 12.8 Å². The van der Waals surface area contributed by atoms with E-state index in [-0.39, 0.29) is 5.57 Å². The number of aliphatic carboxylic acids is 1. The number of aliphatic hydroxyl groups excluding tert-OH is 1. The van der Waals surface area contributed by atoms with Gasteiger partial charge >= 0.3 is 5.97 Å². The van der Waals surface area contributed by atoms with E-state index < -0.39 is 12.3 Å². The van der Waals surface area contributed by atoms with Crippen molar-refractivity contribution in [2.75, 3.05) is 0 Å². The maximum absolute atomic E-state index is 10.3. The van der Waals surface area contributed by atoms with Crippen molar-refractivity contribution in [1.29, 1.82) is 0 Å². The van der Waals surface area contributed by atoms with Crippen molar-refractivity contribution in [3.63, 3.8) is 0 Å². The van der Waals surface area contributed by atoms with Crippen molar-refractivity contribution >= 4 is 5.97 Å². The molecule has 0 bridgehead atoms. The van der Waals surface area contributed by atoms with Crippen LogP contribution < -0.4 is 0 Å². The highest BCUT2D eigenvalue weighted by molar-refractivity contribution is 5.86. The first kappa shape index (κ1) is 10.1. The summed E-state index contributed by atoms with van der Waals surface area (Å²) < 4.78 is 0. The van der Waals surface area contributed by atoms with Crippen molar-refractivity contribution in [3.05, 3.63) is 11.6 Å². The summed E-state index contributed by atoms with van der Waals surface area (Å²) in [7, 11) is 0. The molecule has 0 aliphatic heterocycles. The molecule has 0 aromatic rings. The molecule has 3 N–H and O–H groups in total. The Balaban J connectivity index is 4.20. The highest BCUT2D eigenvalue weighted by atomic mass is 16.5. The first-order valence-corrected chi connectivity index (χ1v) is 3.38. The summed E-state index contributed by atoms with van der Waals surface area (Å²) in [5.41, 5.74) is 0.0440. The van der Waals surface area contributed by atoms with E-state index in [0.717, 1.165) is 6.08 Å². The molecular weight excluding hydrogens is 148 g/mol. The Morgan fingerprint density at radius 1 is 1.55 bits per heavy atom. The summed E-state index contributed by atoms with van der Waals surface area (Å²) in [6, 6.07) is 0. The van der Waals surface area contributed by atoms with E-state index in [1.54, 1.807) is 0 Å². The van der Waals surface area contributed by atoms with Gasteiger partial charge in [0, 0.05) is 5.57 Å². The molecular formula is C7H12O4. The highest BCUT2D eigenvalue weighted by Gasteiger charge is 2.06. The molecule has 4 nitrogen and oxygen atoms in total. The lowest BCUT2D eigenvalue weighted by Gasteiger charge is -2.00. The van der Waals surface area contributed by atoms with Gasteiger partial charge in [0.1, 0.15) is 0 Å². The minimum absolute atomic E-state index is 0.0440. The van der Waals surface area contributed by atoms with Crippen LogP contribution in [-0.2, 0) is 4.79 Å². The molecule has 0 fully saturated rings. The first-order valence-electron chi connectivity index (χ1n) is 3.38. The fourth-order valence-corrected chi connectivity index (χ4v) is 0.711. The second-order valence-corrected chi connectivity index (χ2v) is 2.16. The fourth-order valence-electron chi connectivity index (χ4n) is 0.711. The largest absolute Gasteiger partial charge is 0.478 e. The van der Waals surface area contributed by atoms with Crippen LogP contribution >= 0.6 is 0 Å². The summed E-state index contributed by atoms with van der Waals surface area (Å²) in [5, 5.41) is 25.3. The molecule has 0 heterocycles. The van der Waals surface area contributed by atoms with Crippen LogP contribution in [0.15, 0.2) is 11.6 Å². The highest BCUT2D eigenvalue weighted by Crippen LogP contribution is 2.05. The number of hydrogen-bond acceptors (Lipinski definition) is 3. The van der Waals surface area contributed by atoms with E-state index in [9.17, 15) is 4.79 Å². The SMILES string of the molecule is CCCC(=CC(O)O)C(=O)O. The number of carboxylic acids is 1. The molecule has 0 aromatic carbocycles. The Morgan fingerprint density at radius 3 is 2.36 bits per heavy atom. The van der Waals surface area contributed by atoms with Gasteiger partial charge < -0.3 is 15.3 Å². The molecule has 4 heteroatoms. The molecule has 0 aliphatic carbocycles. The molecule has 0 aliphatic rings. The zero-order chi connectivity index (χ0) is 8.85. The van der Waals surface area contributed by atoms with Crippen LogP contribution in [-0.4, -0.2) is 27.6 Å². The smallest absolute Gasteiger partial charge is 0.331 e. The lowest BCUT2D eigenvalue weighted by molar-refractivity contribution is -0.133. The number of carbonyl (C=O) groups is 1. The number of hydrogen-bond donors (Lipinski definition) is 3. The standard InChI is InChI=1S/C7H12O4/c1-2-3-5(7(10)11)4-6(8)9/h4,6,8-9H,2-3H2,1H3,(H,10,11). The summed E-state index contributed by atoms with van der Waals surface area (Å²) in [6.07, 6.45) is 0.275. The van der Waals surface area contributed by atoms with Crippen molar-refractivity contribution in [2.45, 2.75) is 26.1 Å². The van der Waals surface area contributed by atoms with E-state index >= 15 is 0 Å². The van der Waals surface area contributed by atoms with Crippen molar-refractivity contribution in [3.8, 4) is 0 Å². The zero-order valence-corrected chi connectivity index (χ0v) is 6.32. The van der Waals surface area contributed by atoms with E-state index in [1.165, 1.54) is 0 Å². The van der Waals surface area contributed by atoms with E-state index in [2.05, 4.69) is 0 Å². The Kier molecular flexibility index (Phi) is 4.49. The van der Waals surface area contributed by atoms with Crippen LogP contribution in [0.1, 0.15) is 19.8 Å². The third kappa shape index (κ3) is 4.52. The van der Waals surface area contributed by atoms with Gasteiger partial charge in [-0.15, -0.1) is 0 Å². The molecule has 0 atom stereocenters. The number of aliphatic hydroxyl groups is 2. The van der Waals surface area contributed by atoms with Crippen LogP contribution in [0.5, 0.6) is 0 Å². The summed E-state index contributed by atoms with van der Waals surface area (Å²) in [4.78, 5) is 10.3. The third-order valence-electron chi connectivity index (χ3n) is 1.14. The van der Waals surface area contributed by atoms with Crippen molar-refractivity contribution < 1.29 is 20.1 Å². The molecule has 0 saturated carbocycles. The third-order valence-corrected chi connectivity index (χ3v) is 1.14. The van der Waals surface area contributed by atoms with Gasteiger partial charge in [0.2, 0.25) is 0 Å². The number of rotatable bonds is 4. The zero-order valence-electron chi connectivity index (χ0n) is 6.32. The fraction of sp³-hybridized carbons (Fsp3) is 0.571. The second kappa shape index (κ2) is 4.87. The topological polar surface area (TPSA) is 77.8 Å². The Bertz CT molecular complexity index is 160. The van der Waals surface area contributed by atoms with Gasteiger partial charge in [-0.2, -0.15) is 0 Å². The van der Waals surface area contributed by atoms with Crippen LogP contribution in [0.2, 0.25) is 0 Å². The van der Waals surface area contributed by atoms with Gasteiger partial charge in [0.15, 0.2) is 6.29 Å². The lowest BCUT2D eigenvalue weighted by Crippen LogP contribution is -2.07. The molecule has 0 aromatic heterocycles. The second-order valence-electron chi connectivity index (χ2n) is 2.16. The van der Waals surface area contributed by atoms with Crippen LogP contribution in [0.25, 0.3) is 0 Å². The van der Waals surface area contributed by atoms with Gasteiger partial charge in [0.25, 0.3) is 0 Å². The molecule has 0 unspecified atom stereocenters. The van der Waals surface area contributed by atoms with Crippen LogP contribution in [0.4, 0.5) is 0 Å². The Labute approximate surface area is 64.8 Å². The average molecular weight is 160 g/mol. The van der Waals surface area contributed by atoms with Gasteiger partial charge in [-0.1, -0.05) is 13.3 Å². The molecule has 0 saturated heterocycles. The van der Waals surface area contributed by atoms with Crippen LogP contribution in [0, 0.1) is 0 Å². The molecule has 0 radical (unpaired) electrons. The average Bonchev–Trinajstić information content (AvgIpc) is 1.86. The van der Waals surface area contributed by atoms with Gasteiger partial charge in [0.05, 0.1) is 0 Å². The predicted octanol–water partition coefficient (Wildman–Crippen LogP) is 0.108. The molecule has 64 valence electrons. The summed E-state index contributed by atoms with van der Waals surface area (Å²) in [5.74, 6) is -1.10. The number of carboxylic acid groups (broad SMARTS) is 1. The maximum atomic E-state index is 10.3. The quantitative estimate of drug-likeness (QED) is 0.403. The van der Waals surface area contributed by atoms with Gasteiger partial charge in [-0.25, -0.2) is 4.79 Å². The molecule has 11 heavy (non-hydrogen) atoms. The summed E-state index contributed by atoms with van der Waals surface area (Å²) in [6.45, 7) is 1.82.